The number of aliphatic imine (C=N–C) groups is 1. The van der Waals surface area contributed by atoms with Crippen molar-refractivity contribution in [2.45, 2.75) is 64.9 Å². The van der Waals surface area contributed by atoms with Gasteiger partial charge < -0.3 is 20.3 Å². The first-order valence-electron chi connectivity index (χ1n) is 9.52. The third-order valence-electron chi connectivity index (χ3n) is 3.97. The van der Waals surface area contributed by atoms with Crippen molar-refractivity contribution in [3.8, 4) is 0 Å². The van der Waals surface area contributed by atoms with E-state index < -0.39 is 17.5 Å². The minimum atomic E-state index is -4.45. The molecule has 1 aliphatic rings. The summed E-state index contributed by atoms with van der Waals surface area (Å²) in [5, 5.41) is 7.61. The van der Waals surface area contributed by atoms with Crippen molar-refractivity contribution in [1.82, 2.24) is 20.5 Å². The van der Waals surface area contributed by atoms with Gasteiger partial charge in [0.05, 0.1) is 6.54 Å². The molecule has 29 heavy (non-hydrogen) atoms. The van der Waals surface area contributed by atoms with Gasteiger partial charge in [-0.3, -0.25) is 0 Å². The Balaban J connectivity index is 1.97. The zero-order valence-electron chi connectivity index (χ0n) is 17.1. The van der Waals surface area contributed by atoms with Gasteiger partial charge in [-0.1, -0.05) is 0 Å². The Hall–Kier alpha value is -2.04. The van der Waals surface area contributed by atoms with Crippen LogP contribution in [0.5, 0.6) is 0 Å². The summed E-state index contributed by atoms with van der Waals surface area (Å²) in [6.07, 6.45) is -3.14. The smallest absolute Gasteiger partial charge is 0.434 e. The van der Waals surface area contributed by atoms with Crippen molar-refractivity contribution >= 4 is 23.4 Å². The van der Waals surface area contributed by atoms with Crippen LogP contribution in [0.2, 0.25) is 0 Å². The van der Waals surface area contributed by atoms with Crippen LogP contribution in [0.15, 0.2) is 10.4 Å². The molecule has 2 heterocycles. The first kappa shape index (κ1) is 23.2. The summed E-state index contributed by atoms with van der Waals surface area (Å²) in [4.78, 5) is 21.9. The molecule has 1 aromatic heterocycles. The zero-order valence-corrected chi connectivity index (χ0v) is 17.9. The van der Waals surface area contributed by atoms with E-state index in [1.54, 1.807) is 4.90 Å². The van der Waals surface area contributed by atoms with Crippen LogP contribution in [-0.4, -0.2) is 53.2 Å². The van der Waals surface area contributed by atoms with E-state index in [-0.39, 0.29) is 23.7 Å². The van der Waals surface area contributed by atoms with Gasteiger partial charge in [-0.15, -0.1) is 11.3 Å². The Morgan fingerprint density at radius 1 is 1.41 bits per heavy atom. The van der Waals surface area contributed by atoms with Crippen molar-refractivity contribution in [2.75, 3.05) is 19.6 Å². The number of rotatable bonds is 4. The lowest BCUT2D eigenvalue weighted by Crippen LogP contribution is -2.53. The predicted molar refractivity (Wildman–Crippen MR) is 106 cm³/mol. The third kappa shape index (κ3) is 7.71. The molecular formula is C18H28F3N5O2S. The summed E-state index contributed by atoms with van der Waals surface area (Å²) in [7, 11) is 0. The summed E-state index contributed by atoms with van der Waals surface area (Å²) < 4.78 is 43.5. The van der Waals surface area contributed by atoms with Crippen LogP contribution in [0.3, 0.4) is 0 Å². The largest absolute Gasteiger partial charge is 0.444 e. The maximum Gasteiger partial charge on any atom is 0.434 e. The normalized spacial score (nSPS) is 18.5. The van der Waals surface area contributed by atoms with Crippen molar-refractivity contribution in [1.29, 1.82) is 0 Å². The van der Waals surface area contributed by atoms with Crippen LogP contribution in [0, 0.1) is 0 Å². The molecule has 2 N–H and O–H groups in total. The summed E-state index contributed by atoms with van der Waals surface area (Å²) in [5.41, 5.74) is -1.46. The molecule has 0 aromatic carbocycles. The number of hydrogen-bond acceptors (Lipinski definition) is 5. The van der Waals surface area contributed by atoms with E-state index in [1.807, 2.05) is 27.7 Å². The van der Waals surface area contributed by atoms with E-state index in [4.69, 9.17) is 4.74 Å². The second-order valence-corrected chi connectivity index (χ2v) is 8.67. The Kier molecular flexibility index (Phi) is 7.73. The molecule has 1 fully saturated rings. The minimum absolute atomic E-state index is 0.0314. The van der Waals surface area contributed by atoms with Gasteiger partial charge in [-0.2, -0.15) is 13.2 Å². The summed E-state index contributed by atoms with van der Waals surface area (Å²) in [6.45, 7) is 9.10. The highest BCUT2D eigenvalue weighted by Gasteiger charge is 2.33. The van der Waals surface area contributed by atoms with E-state index in [9.17, 15) is 18.0 Å². The molecule has 1 aliphatic heterocycles. The van der Waals surface area contributed by atoms with E-state index in [0.717, 1.165) is 29.6 Å². The molecule has 1 unspecified atom stereocenters. The number of aromatic nitrogens is 1. The molecule has 164 valence electrons. The molecule has 1 amide bonds. The van der Waals surface area contributed by atoms with E-state index in [1.165, 1.54) is 0 Å². The lowest BCUT2D eigenvalue weighted by molar-refractivity contribution is -0.140. The monoisotopic (exact) mass is 435 g/mol. The second kappa shape index (κ2) is 9.64. The van der Waals surface area contributed by atoms with Crippen LogP contribution in [-0.2, 0) is 17.5 Å². The fourth-order valence-electron chi connectivity index (χ4n) is 2.76. The average molecular weight is 436 g/mol. The molecule has 0 saturated carbocycles. The predicted octanol–water partition coefficient (Wildman–Crippen LogP) is 3.62. The lowest BCUT2D eigenvalue weighted by Gasteiger charge is -2.35. The topological polar surface area (TPSA) is 78.9 Å². The fourth-order valence-corrected chi connectivity index (χ4v) is 3.49. The van der Waals surface area contributed by atoms with Gasteiger partial charge in [0.1, 0.15) is 10.6 Å². The molecule has 1 saturated heterocycles. The Labute approximate surface area is 172 Å². The third-order valence-corrected chi connectivity index (χ3v) is 4.81. The highest BCUT2D eigenvalue weighted by atomic mass is 32.1. The number of halogens is 3. The number of hydrogen-bond donors (Lipinski definition) is 2. The van der Waals surface area contributed by atoms with Gasteiger partial charge in [0.15, 0.2) is 11.7 Å². The number of thiazole rings is 1. The highest BCUT2D eigenvalue weighted by molar-refractivity contribution is 7.09. The average Bonchev–Trinajstić information content (AvgIpc) is 3.08. The summed E-state index contributed by atoms with van der Waals surface area (Å²) in [5.74, 6) is 0.479. The molecule has 0 radical (unpaired) electrons. The van der Waals surface area contributed by atoms with Crippen molar-refractivity contribution in [3.63, 3.8) is 0 Å². The van der Waals surface area contributed by atoms with Gasteiger partial charge in [0, 0.05) is 31.1 Å². The number of piperidine rings is 1. The molecule has 0 bridgehead atoms. The Morgan fingerprint density at radius 3 is 2.72 bits per heavy atom. The number of alkyl halides is 3. The van der Waals surface area contributed by atoms with E-state index >= 15 is 0 Å². The van der Waals surface area contributed by atoms with Crippen LogP contribution in [0.4, 0.5) is 18.0 Å². The van der Waals surface area contributed by atoms with Crippen molar-refractivity contribution in [3.05, 3.63) is 16.1 Å². The number of amides is 1. The van der Waals surface area contributed by atoms with Gasteiger partial charge >= 0.3 is 12.3 Å². The van der Waals surface area contributed by atoms with E-state index in [2.05, 4.69) is 20.6 Å². The molecule has 1 atom stereocenters. The quantitative estimate of drug-likeness (QED) is 0.558. The SMILES string of the molecule is CCNC(=NCc1nc(C(F)(F)F)cs1)NC1CCCN(C(=O)OC(C)(C)C)C1. The summed E-state index contributed by atoms with van der Waals surface area (Å²) in [6, 6.07) is -0.0314. The molecule has 0 spiro atoms. The van der Waals surface area contributed by atoms with Crippen molar-refractivity contribution in [2.24, 2.45) is 4.99 Å². The maximum atomic E-state index is 12.7. The molecule has 11 heteroatoms. The minimum Gasteiger partial charge on any atom is -0.444 e. The number of nitrogens with one attached hydrogen (secondary N) is 2. The number of nitrogens with zero attached hydrogens (tertiary/aromatic N) is 3. The molecule has 7 nitrogen and oxygen atoms in total. The zero-order chi connectivity index (χ0) is 21.7. The standard InChI is InChI=1S/C18H28F3N5O2S/c1-5-22-15(23-9-14-25-13(11-29-14)18(19,20)21)24-12-7-6-8-26(10-12)16(27)28-17(2,3)4/h11-12H,5-10H2,1-4H3,(H2,22,23,24). The number of guanidine groups is 1. The molecule has 0 aliphatic carbocycles. The number of carbonyl (C=O) groups is 1. The van der Waals surface area contributed by atoms with Gasteiger partial charge in [0.2, 0.25) is 0 Å². The Morgan fingerprint density at radius 2 is 2.14 bits per heavy atom. The molecule has 2 rings (SSSR count). The first-order chi connectivity index (χ1) is 13.5. The number of ether oxygens (including phenoxy) is 1. The Bertz CT molecular complexity index is 715. The van der Waals surface area contributed by atoms with Gasteiger partial charge in [-0.05, 0) is 40.5 Å². The highest BCUT2D eigenvalue weighted by Crippen LogP contribution is 2.30. The van der Waals surface area contributed by atoms with Crippen molar-refractivity contribution < 1.29 is 22.7 Å². The first-order valence-corrected chi connectivity index (χ1v) is 10.4. The maximum absolute atomic E-state index is 12.7. The number of likely N-dealkylation sites (tertiary alicyclic amines) is 1. The van der Waals surface area contributed by atoms with E-state index in [0.29, 0.717) is 25.6 Å². The van der Waals surface area contributed by atoms with Crippen LogP contribution >= 0.6 is 11.3 Å². The second-order valence-electron chi connectivity index (χ2n) is 7.73. The van der Waals surface area contributed by atoms with Crippen LogP contribution < -0.4 is 10.6 Å². The number of carbonyl (C=O) groups excluding carboxylic acids is 1. The van der Waals surface area contributed by atoms with Gasteiger partial charge in [0.25, 0.3) is 0 Å². The van der Waals surface area contributed by atoms with Crippen LogP contribution in [0.1, 0.15) is 51.2 Å². The fraction of sp³-hybridized carbons (Fsp3) is 0.722. The molecule has 1 aromatic rings. The van der Waals surface area contributed by atoms with Crippen LogP contribution in [0.25, 0.3) is 0 Å². The molecular weight excluding hydrogens is 407 g/mol. The summed E-state index contributed by atoms with van der Waals surface area (Å²) >= 11 is 0.929. The van der Waals surface area contributed by atoms with Gasteiger partial charge in [-0.25, -0.2) is 14.8 Å². The lowest BCUT2D eigenvalue weighted by atomic mass is 10.1.